The third-order valence-corrected chi connectivity index (χ3v) is 10.2. The summed E-state index contributed by atoms with van der Waals surface area (Å²) in [5.41, 5.74) is 4.71. The summed E-state index contributed by atoms with van der Waals surface area (Å²) in [6, 6.07) is 27.2. The largest absolute Gasteiger partial charge is 0.496 e. The number of benzene rings is 3. The minimum absolute atomic E-state index is 0.182. The molecular formula is C39H43FN6O2. The van der Waals surface area contributed by atoms with Crippen molar-refractivity contribution in [2.75, 3.05) is 38.6 Å². The van der Waals surface area contributed by atoms with Crippen LogP contribution in [0.15, 0.2) is 97.3 Å². The minimum atomic E-state index is -0.522. The van der Waals surface area contributed by atoms with Crippen molar-refractivity contribution in [1.82, 2.24) is 24.3 Å². The molecular weight excluding hydrogens is 603 g/mol. The topological polar surface area (TPSA) is 75.5 Å². The average molecular weight is 647 g/mol. The summed E-state index contributed by atoms with van der Waals surface area (Å²) >= 11 is 0. The zero-order valence-electron chi connectivity index (χ0n) is 27.5. The molecule has 9 heteroatoms. The van der Waals surface area contributed by atoms with Gasteiger partial charge in [-0.25, -0.2) is 9.37 Å². The van der Waals surface area contributed by atoms with Crippen molar-refractivity contribution in [2.24, 2.45) is 5.41 Å². The van der Waals surface area contributed by atoms with Gasteiger partial charge in [0.25, 0.3) is 0 Å². The van der Waals surface area contributed by atoms with Gasteiger partial charge in [0.1, 0.15) is 11.6 Å². The second kappa shape index (κ2) is 14.2. The molecule has 1 amide bonds. The smallest absolute Gasteiger partial charge is 0.229 e. The number of anilines is 1. The number of para-hydroxylation sites is 3. The molecule has 2 fully saturated rings. The second-order valence-electron chi connectivity index (χ2n) is 13.3. The molecule has 8 nitrogen and oxygen atoms in total. The number of carbonyl (C=O) groups excluding carboxylic acids is 1. The number of halogens is 1. The molecule has 1 atom stereocenters. The standard InChI is InChI=1S/C39H43FN6O2/c1-48-36-11-5-2-8-31(36)28-45-24-19-39(37(45)47,25-29-12-14-32(40)15-13-29)18-23-44-21-16-33(17-22-44)42-38-43-34-9-3-4-10-35(34)46(38)27-30-7-6-20-41-26-30/h2-15,20,26,33H,16-19,21-25,27-28H2,1H3,(H,42,43). The third-order valence-electron chi connectivity index (χ3n) is 10.2. The summed E-state index contributed by atoms with van der Waals surface area (Å²) in [5, 5.41) is 3.77. The van der Waals surface area contributed by atoms with Gasteiger partial charge in [0, 0.05) is 50.2 Å². The molecule has 1 N–H and O–H groups in total. The number of nitrogens with zero attached hydrogens (tertiary/aromatic N) is 5. The van der Waals surface area contributed by atoms with Crippen LogP contribution in [0, 0.1) is 11.2 Å². The van der Waals surface area contributed by atoms with Crippen LogP contribution in [0.25, 0.3) is 11.0 Å². The first-order chi connectivity index (χ1) is 23.5. The van der Waals surface area contributed by atoms with Gasteiger partial charge in [-0.2, -0.15) is 0 Å². The van der Waals surface area contributed by atoms with Gasteiger partial charge in [0.05, 0.1) is 30.1 Å². The monoisotopic (exact) mass is 646 g/mol. The van der Waals surface area contributed by atoms with E-state index >= 15 is 0 Å². The Bertz CT molecular complexity index is 1840. The number of pyridine rings is 1. The van der Waals surface area contributed by atoms with E-state index in [1.165, 1.54) is 12.1 Å². The zero-order valence-corrected chi connectivity index (χ0v) is 27.5. The van der Waals surface area contributed by atoms with E-state index in [-0.39, 0.29) is 11.7 Å². The Morgan fingerprint density at radius 1 is 0.917 bits per heavy atom. The average Bonchev–Trinajstić information content (AvgIpc) is 3.62. The molecule has 0 spiro atoms. The van der Waals surface area contributed by atoms with E-state index in [0.29, 0.717) is 32.1 Å². The van der Waals surface area contributed by atoms with Crippen molar-refractivity contribution in [1.29, 1.82) is 0 Å². The van der Waals surface area contributed by atoms with Crippen LogP contribution in [0.3, 0.4) is 0 Å². The summed E-state index contributed by atoms with van der Waals surface area (Å²) in [6.07, 6.45) is 7.86. The first-order valence-corrected chi connectivity index (χ1v) is 17.0. The number of methoxy groups -OCH3 is 1. The fraction of sp³-hybridized carbons (Fsp3) is 0.359. The Kier molecular flexibility index (Phi) is 9.38. The normalized spacial score (nSPS) is 18.9. The van der Waals surface area contributed by atoms with Gasteiger partial charge in [0.2, 0.25) is 11.9 Å². The SMILES string of the molecule is COc1ccccc1CN1CCC(CCN2CCC(Nc3nc4ccccc4n3Cc3cccnc3)CC2)(Cc2ccc(F)cc2)C1=O. The van der Waals surface area contributed by atoms with Gasteiger partial charge in [-0.1, -0.05) is 48.5 Å². The van der Waals surface area contributed by atoms with Crippen LogP contribution in [0.5, 0.6) is 5.75 Å². The van der Waals surface area contributed by atoms with E-state index in [2.05, 4.69) is 44.0 Å². The van der Waals surface area contributed by atoms with Gasteiger partial charge in [-0.3, -0.25) is 9.78 Å². The maximum atomic E-state index is 14.2. The van der Waals surface area contributed by atoms with Gasteiger partial charge in [0.15, 0.2) is 0 Å². The Labute approximate surface area is 281 Å². The van der Waals surface area contributed by atoms with Crippen molar-refractivity contribution >= 4 is 22.9 Å². The van der Waals surface area contributed by atoms with Crippen LogP contribution < -0.4 is 10.1 Å². The molecule has 0 bridgehead atoms. The number of aromatic nitrogens is 3. The lowest BCUT2D eigenvalue weighted by Gasteiger charge is -2.35. The highest BCUT2D eigenvalue weighted by molar-refractivity contribution is 5.85. The molecule has 2 aliphatic rings. The number of amides is 1. The summed E-state index contributed by atoms with van der Waals surface area (Å²) in [4.78, 5) is 28.0. The molecule has 2 saturated heterocycles. The Balaban J connectivity index is 1.01. The van der Waals surface area contributed by atoms with Crippen LogP contribution in [-0.4, -0.2) is 69.6 Å². The van der Waals surface area contributed by atoms with Crippen molar-refractivity contribution in [3.63, 3.8) is 0 Å². The maximum Gasteiger partial charge on any atom is 0.229 e. The Hall–Kier alpha value is -4.76. The van der Waals surface area contributed by atoms with Crippen LogP contribution in [0.4, 0.5) is 10.3 Å². The molecule has 1 unspecified atom stereocenters. The maximum absolute atomic E-state index is 14.2. The van der Waals surface area contributed by atoms with E-state index in [4.69, 9.17) is 9.72 Å². The predicted octanol–water partition coefficient (Wildman–Crippen LogP) is 6.56. The number of ether oxygens (including phenoxy) is 1. The number of piperidine rings is 1. The van der Waals surface area contributed by atoms with E-state index in [0.717, 1.165) is 84.7 Å². The van der Waals surface area contributed by atoms with E-state index in [9.17, 15) is 9.18 Å². The number of likely N-dealkylation sites (tertiary alicyclic amines) is 2. The molecule has 5 aromatic rings. The number of imidazole rings is 1. The summed E-state index contributed by atoms with van der Waals surface area (Å²) in [6.45, 7) is 4.68. The van der Waals surface area contributed by atoms with Crippen LogP contribution in [0.1, 0.15) is 42.4 Å². The second-order valence-corrected chi connectivity index (χ2v) is 13.3. The van der Waals surface area contributed by atoms with Crippen molar-refractivity contribution in [3.8, 4) is 5.75 Å². The lowest BCUT2D eigenvalue weighted by atomic mass is 9.77. The predicted molar refractivity (Wildman–Crippen MR) is 186 cm³/mol. The van der Waals surface area contributed by atoms with Gasteiger partial charge in [-0.15, -0.1) is 0 Å². The molecule has 2 aliphatic heterocycles. The molecule has 0 radical (unpaired) electrons. The minimum Gasteiger partial charge on any atom is -0.496 e. The summed E-state index contributed by atoms with van der Waals surface area (Å²) < 4.78 is 21.6. The molecule has 3 aromatic carbocycles. The molecule has 48 heavy (non-hydrogen) atoms. The van der Waals surface area contributed by atoms with E-state index in [1.54, 1.807) is 13.3 Å². The van der Waals surface area contributed by atoms with Crippen LogP contribution in [0.2, 0.25) is 0 Å². The summed E-state index contributed by atoms with van der Waals surface area (Å²) in [5.74, 6) is 1.61. The highest BCUT2D eigenvalue weighted by atomic mass is 19.1. The third kappa shape index (κ3) is 6.92. The molecule has 4 heterocycles. The first kappa shape index (κ1) is 31.8. The Morgan fingerprint density at radius 2 is 1.71 bits per heavy atom. The molecule has 2 aromatic heterocycles. The van der Waals surface area contributed by atoms with Gasteiger partial charge in [-0.05, 0) is 86.2 Å². The van der Waals surface area contributed by atoms with Crippen molar-refractivity contribution < 1.29 is 13.9 Å². The summed E-state index contributed by atoms with van der Waals surface area (Å²) in [7, 11) is 1.67. The molecule has 0 saturated carbocycles. The number of carbonyl (C=O) groups is 1. The van der Waals surface area contributed by atoms with E-state index < -0.39 is 5.41 Å². The fourth-order valence-electron chi connectivity index (χ4n) is 7.44. The number of hydrogen-bond acceptors (Lipinski definition) is 6. The van der Waals surface area contributed by atoms with Crippen LogP contribution >= 0.6 is 0 Å². The highest BCUT2D eigenvalue weighted by Crippen LogP contribution is 2.40. The number of nitrogens with one attached hydrogen (secondary N) is 1. The van der Waals surface area contributed by atoms with Gasteiger partial charge < -0.3 is 24.4 Å². The Morgan fingerprint density at radius 3 is 2.50 bits per heavy atom. The van der Waals surface area contributed by atoms with Crippen molar-refractivity contribution in [2.45, 2.75) is 51.2 Å². The molecule has 248 valence electrons. The first-order valence-electron chi connectivity index (χ1n) is 17.0. The quantitative estimate of drug-likeness (QED) is 0.166. The highest BCUT2D eigenvalue weighted by Gasteiger charge is 2.46. The van der Waals surface area contributed by atoms with E-state index in [1.807, 2.05) is 59.6 Å². The van der Waals surface area contributed by atoms with Crippen LogP contribution in [-0.2, 0) is 24.3 Å². The lowest BCUT2D eigenvalue weighted by Crippen LogP contribution is -2.43. The number of fused-ring (bicyclic) bond motifs is 1. The molecule has 7 rings (SSSR count). The number of hydrogen-bond donors (Lipinski definition) is 1. The van der Waals surface area contributed by atoms with Gasteiger partial charge >= 0.3 is 0 Å². The fourth-order valence-corrected chi connectivity index (χ4v) is 7.44. The lowest BCUT2D eigenvalue weighted by molar-refractivity contribution is -0.137. The zero-order chi connectivity index (χ0) is 32.9. The number of rotatable bonds is 12. The molecule has 0 aliphatic carbocycles. The van der Waals surface area contributed by atoms with Crippen molar-refractivity contribution in [3.05, 3.63) is 120 Å².